The van der Waals surface area contributed by atoms with Crippen molar-refractivity contribution in [3.8, 4) is 0 Å². The summed E-state index contributed by atoms with van der Waals surface area (Å²) in [6, 6.07) is 10.6. The molecule has 2 aromatic rings. The van der Waals surface area contributed by atoms with Gasteiger partial charge >= 0.3 is 0 Å². The second kappa shape index (κ2) is 8.05. The first-order valence-corrected chi connectivity index (χ1v) is 9.76. The zero-order valence-electron chi connectivity index (χ0n) is 13.0. The van der Waals surface area contributed by atoms with Crippen LogP contribution in [0.25, 0.3) is 0 Å². The molecule has 0 saturated heterocycles. The van der Waals surface area contributed by atoms with Crippen molar-refractivity contribution >= 4 is 44.0 Å². The largest absolute Gasteiger partial charge is 0.294 e. The normalized spacial score (nSPS) is 12.5. The fourth-order valence-electron chi connectivity index (χ4n) is 1.69. The predicted octanol–water partition coefficient (Wildman–Crippen LogP) is 1.68. The molecular weight excluding hydrogens is 384 g/mol. The molecule has 10 nitrogen and oxygen atoms in total. The maximum atomic E-state index is 10.9. The second-order valence-electron chi connectivity index (χ2n) is 4.78. The molecule has 4 N–H and O–H groups in total. The van der Waals surface area contributed by atoms with Gasteiger partial charge < -0.3 is 0 Å². The van der Waals surface area contributed by atoms with Gasteiger partial charge in [-0.15, -0.1) is 0 Å². The topological polar surface area (TPSA) is 158 Å². The molecule has 0 saturated carbocycles. The van der Waals surface area contributed by atoms with Gasteiger partial charge in [-0.25, -0.2) is 0 Å². The van der Waals surface area contributed by atoms with E-state index in [1.807, 2.05) is 0 Å². The van der Waals surface area contributed by atoms with Crippen molar-refractivity contribution in [3.63, 3.8) is 0 Å². The van der Waals surface area contributed by atoms with E-state index in [9.17, 15) is 16.8 Å². The number of nitrogens with one attached hydrogen (secondary N) is 2. The molecule has 0 radical (unpaired) electrons. The van der Waals surface area contributed by atoms with E-state index >= 15 is 0 Å². The molecule has 2 rings (SSSR count). The third-order valence-corrected chi connectivity index (χ3v) is 4.64. The van der Waals surface area contributed by atoms with Crippen molar-refractivity contribution in [1.82, 2.24) is 0 Å². The molecule has 0 spiro atoms. The van der Waals surface area contributed by atoms with Crippen LogP contribution in [0.2, 0.25) is 0 Å². The van der Waals surface area contributed by atoms with Gasteiger partial charge in [-0.3, -0.25) is 20.0 Å². The molecule has 26 heavy (non-hydrogen) atoms. The average molecular weight is 398 g/mol. The Labute approximate surface area is 149 Å². The third kappa shape index (κ3) is 5.93. The smallest absolute Gasteiger partial charge is 0.282 e. The average Bonchev–Trinajstić information content (AvgIpc) is 2.57. The summed E-state index contributed by atoms with van der Waals surface area (Å²) in [5, 5.41) is 7.64. The number of anilines is 2. The van der Waals surface area contributed by atoms with Gasteiger partial charge in [0.1, 0.15) is 0 Å². The van der Waals surface area contributed by atoms with Crippen LogP contribution in [0.4, 0.5) is 11.4 Å². The minimum absolute atomic E-state index is 0.224. The Morgan fingerprint density at radius 3 is 1.23 bits per heavy atom. The van der Waals surface area contributed by atoms with Gasteiger partial charge in [-0.05, 0) is 48.5 Å². The Balaban J connectivity index is 1.85. The molecule has 0 aliphatic heterocycles. The van der Waals surface area contributed by atoms with Gasteiger partial charge in [0.05, 0.1) is 33.6 Å². The summed E-state index contributed by atoms with van der Waals surface area (Å²) in [6.07, 6.45) is 2.63. The van der Waals surface area contributed by atoms with E-state index in [1.165, 1.54) is 61.0 Å². The van der Waals surface area contributed by atoms with E-state index in [2.05, 4.69) is 21.1 Å². The molecule has 0 bridgehead atoms. The van der Waals surface area contributed by atoms with Crippen molar-refractivity contribution in [1.29, 1.82) is 0 Å². The first-order valence-electron chi connectivity index (χ1n) is 6.88. The lowest BCUT2D eigenvalue weighted by atomic mass is 10.3. The van der Waals surface area contributed by atoms with Gasteiger partial charge in [-0.2, -0.15) is 27.0 Å². The summed E-state index contributed by atoms with van der Waals surface area (Å²) < 4.78 is 61.3. The highest BCUT2D eigenvalue weighted by molar-refractivity contribution is 7.86. The Kier molecular flexibility index (Phi) is 6.05. The highest BCUT2D eigenvalue weighted by Crippen LogP contribution is 2.14. The SMILES string of the molecule is O=S(=O)(O)c1ccc(N/N=C\C=N/Nc2ccc(S(=O)(=O)O)cc2)cc1. The summed E-state index contributed by atoms with van der Waals surface area (Å²) in [6.45, 7) is 0. The minimum atomic E-state index is -4.23. The number of nitrogens with zero attached hydrogens (tertiary/aromatic N) is 2. The van der Waals surface area contributed by atoms with E-state index in [0.29, 0.717) is 11.4 Å². The fraction of sp³-hybridized carbons (Fsp3) is 0. The highest BCUT2D eigenvalue weighted by Gasteiger charge is 2.08. The van der Waals surface area contributed by atoms with E-state index < -0.39 is 20.2 Å². The lowest BCUT2D eigenvalue weighted by Gasteiger charge is -2.01. The third-order valence-electron chi connectivity index (χ3n) is 2.91. The van der Waals surface area contributed by atoms with Crippen molar-refractivity contribution in [2.24, 2.45) is 10.2 Å². The van der Waals surface area contributed by atoms with Crippen LogP contribution in [-0.2, 0) is 20.2 Å². The molecule has 2 aromatic carbocycles. The van der Waals surface area contributed by atoms with Crippen LogP contribution in [0, 0.1) is 0 Å². The standard InChI is InChI=1S/C14H14N4O6S2/c19-25(20,21)13-5-1-11(2-6-13)17-15-9-10-16-18-12-3-7-14(8-4-12)26(22,23)24/h1-10,17-18H,(H,19,20,21)(H,22,23,24)/b15-9-,16-10-. The number of hydrogen-bond acceptors (Lipinski definition) is 8. The predicted molar refractivity (Wildman–Crippen MR) is 96.7 cm³/mol. The van der Waals surface area contributed by atoms with Crippen molar-refractivity contribution in [2.45, 2.75) is 9.79 Å². The molecule has 0 atom stereocenters. The maximum Gasteiger partial charge on any atom is 0.294 e. The van der Waals surface area contributed by atoms with E-state index in [1.54, 1.807) is 0 Å². The van der Waals surface area contributed by atoms with E-state index in [4.69, 9.17) is 9.11 Å². The van der Waals surface area contributed by atoms with E-state index in [-0.39, 0.29) is 9.79 Å². The molecule has 0 aromatic heterocycles. The maximum absolute atomic E-state index is 10.9. The summed E-state index contributed by atoms with van der Waals surface area (Å²) in [5.41, 5.74) is 6.24. The molecule has 0 fully saturated rings. The number of hydrazone groups is 2. The van der Waals surface area contributed by atoms with Crippen LogP contribution in [0.5, 0.6) is 0 Å². The van der Waals surface area contributed by atoms with Crippen molar-refractivity contribution in [3.05, 3.63) is 48.5 Å². The number of rotatable bonds is 7. The molecule has 0 aliphatic carbocycles. The number of hydrogen-bond donors (Lipinski definition) is 4. The van der Waals surface area contributed by atoms with Crippen molar-refractivity contribution < 1.29 is 25.9 Å². The van der Waals surface area contributed by atoms with Gasteiger partial charge in [0, 0.05) is 0 Å². The molecule has 0 heterocycles. The Morgan fingerprint density at radius 2 is 0.962 bits per heavy atom. The minimum Gasteiger partial charge on any atom is -0.282 e. The molecular formula is C14H14N4O6S2. The summed E-state index contributed by atoms with van der Waals surface area (Å²) >= 11 is 0. The first kappa shape index (κ1) is 19.5. The highest BCUT2D eigenvalue weighted by atomic mass is 32.2. The van der Waals surface area contributed by atoms with Gasteiger partial charge in [0.25, 0.3) is 20.2 Å². The van der Waals surface area contributed by atoms with Crippen LogP contribution >= 0.6 is 0 Å². The molecule has 0 unspecified atom stereocenters. The molecule has 0 amide bonds. The molecule has 138 valence electrons. The Bertz CT molecular complexity index is 929. The van der Waals surface area contributed by atoms with Crippen LogP contribution in [0.3, 0.4) is 0 Å². The van der Waals surface area contributed by atoms with Crippen LogP contribution in [-0.4, -0.2) is 38.4 Å². The quantitative estimate of drug-likeness (QED) is 0.311. The van der Waals surface area contributed by atoms with Gasteiger partial charge in [-0.1, -0.05) is 0 Å². The first-order chi connectivity index (χ1) is 12.2. The van der Waals surface area contributed by atoms with E-state index in [0.717, 1.165) is 0 Å². The zero-order chi connectivity index (χ0) is 19.2. The van der Waals surface area contributed by atoms with Crippen LogP contribution in [0.15, 0.2) is 68.5 Å². The summed E-state index contributed by atoms with van der Waals surface area (Å²) in [4.78, 5) is -0.449. The fourth-order valence-corrected chi connectivity index (χ4v) is 2.65. The van der Waals surface area contributed by atoms with Crippen molar-refractivity contribution in [2.75, 3.05) is 10.9 Å². The summed E-state index contributed by atoms with van der Waals surface area (Å²) in [7, 11) is -8.46. The Hall–Kier alpha value is -2.80. The lowest BCUT2D eigenvalue weighted by Crippen LogP contribution is -1.98. The van der Waals surface area contributed by atoms with Crippen LogP contribution in [0.1, 0.15) is 0 Å². The zero-order valence-corrected chi connectivity index (χ0v) is 14.6. The monoisotopic (exact) mass is 398 g/mol. The molecule has 0 aliphatic rings. The van der Waals surface area contributed by atoms with Gasteiger partial charge in [0.15, 0.2) is 0 Å². The Morgan fingerprint density at radius 1 is 0.654 bits per heavy atom. The lowest BCUT2D eigenvalue weighted by molar-refractivity contribution is 0.481. The van der Waals surface area contributed by atoms with Crippen LogP contribution < -0.4 is 10.9 Å². The number of benzene rings is 2. The second-order valence-corrected chi connectivity index (χ2v) is 7.62. The molecule has 12 heteroatoms. The van der Waals surface area contributed by atoms with Gasteiger partial charge in [0.2, 0.25) is 0 Å². The summed E-state index contributed by atoms with van der Waals surface area (Å²) in [5.74, 6) is 0.